The average Bonchev–Trinajstić information content (AvgIpc) is 3.09. The molecule has 4 rings (SSSR count). The number of methoxy groups -OCH3 is 1. The molecule has 1 atom stereocenters. The van der Waals surface area contributed by atoms with Gasteiger partial charge in [-0.15, -0.1) is 0 Å². The minimum absolute atomic E-state index is 0.128. The number of ketones is 1. The zero-order chi connectivity index (χ0) is 22.8. The number of ether oxygens (including phenoxy) is 1. The van der Waals surface area contributed by atoms with Gasteiger partial charge in [-0.2, -0.15) is 0 Å². The molecule has 1 heterocycles. The minimum atomic E-state index is -1.05. The molecule has 0 bridgehead atoms. The highest BCUT2D eigenvalue weighted by Gasteiger charge is 2.48. The monoisotopic (exact) mass is 430 g/mol. The number of hydrogen-bond acceptors (Lipinski definition) is 6. The molecule has 1 saturated heterocycles. The van der Waals surface area contributed by atoms with Crippen molar-refractivity contribution in [3.8, 4) is 5.75 Å². The summed E-state index contributed by atoms with van der Waals surface area (Å²) in [6.07, 6.45) is 0. The second-order valence-electron chi connectivity index (χ2n) is 7.05. The smallest absolute Gasteiger partial charge is 0.300 e. The van der Waals surface area contributed by atoms with E-state index in [-0.39, 0.29) is 22.7 Å². The number of aliphatic hydroxyl groups excluding tert-OH is 1. The van der Waals surface area contributed by atoms with Crippen LogP contribution in [0.5, 0.6) is 5.75 Å². The number of hydrogen-bond donors (Lipinski definition) is 1. The summed E-state index contributed by atoms with van der Waals surface area (Å²) in [6.45, 7) is 0. The summed E-state index contributed by atoms with van der Waals surface area (Å²) >= 11 is 0. The highest BCUT2D eigenvalue weighted by Crippen LogP contribution is 2.45. The van der Waals surface area contributed by atoms with Gasteiger partial charge in [0.05, 0.1) is 29.3 Å². The van der Waals surface area contributed by atoms with Crippen molar-refractivity contribution in [2.45, 2.75) is 6.04 Å². The largest absolute Gasteiger partial charge is 0.507 e. The van der Waals surface area contributed by atoms with Crippen molar-refractivity contribution in [1.29, 1.82) is 0 Å². The highest BCUT2D eigenvalue weighted by molar-refractivity contribution is 6.51. The van der Waals surface area contributed by atoms with Crippen molar-refractivity contribution in [3.05, 3.63) is 106 Å². The summed E-state index contributed by atoms with van der Waals surface area (Å²) in [7, 11) is 1.45. The first-order chi connectivity index (χ1) is 15.4. The van der Waals surface area contributed by atoms with Gasteiger partial charge in [0.15, 0.2) is 0 Å². The van der Waals surface area contributed by atoms with Crippen molar-refractivity contribution in [3.63, 3.8) is 0 Å². The van der Waals surface area contributed by atoms with Crippen LogP contribution in [0.4, 0.5) is 11.4 Å². The normalized spacial score (nSPS) is 17.4. The first kappa shape index (κ1) is 20.8. The van der Waals surface area contributed by atoms with E-state index in [9.17, 15) is 24.8 Å². The lowest BCUT2D eigenvalue weighted by Crippen LogP contribution is -2.29. The van der Waals surface area contributed by atoms with Gasteiger partial charge in [-0.05, 0) is 12.1 Å². The van der Waals surface area contributed by atoms with Crippen LogP contribution >= 0.6 is 0 Å². The number of nitro benzene ring substituents is 1. The summed E-state index contributed by atoms with van der Waals surface area (Å²) < 4.78 is 5.45. The van der Waals surface area contributed by atoms with Gasteiger partial charge >= 0.3 is 0 Å². The molecule has 8 nitrogen and oxygen atoms in total. The van der Waals surface area contributed by atoms with Crippen LogP contribution in [0.1, 0.15) is 17.2 Å². The van der Waals surface area contributed by atoms with Crippen LogP contribution in [0.3, 0.4) is 0 Å². The van der Waals surface area contributed by atoms with Gasteiger partial charge in [0.2, 0.25) is 0 Å². The van der Waals surface area contributed by atoms with Crippen LogP contribution in [0, 0.1) is 10.1 Å². The van der Waals surface area contributed by atoms with Crippen molar-refractivity contribution >= 4 is 28.8 Å². The number of nitrogens with zero attached hydrogens (tertiary/aromatic N) is 2. The number of para-hydroxylation sites is 1. The number of benzene rings is 3. The van der Waals surface area contributed by atoms with Gasteiger partial charge in [-0.1, -0.05) is 54.6 Å². The number of non-ortho nitro benzene ring substituents is 1. The number of anilines is 1. The maximum absolute atomic E-state index is 13.1. The van der Waals surface area contributed by atoms with Gasteiger partial charge < -0.3 is 9.84 Å². The predicted octanol–water partition coefficient (Wildman–Crippen LogP) is 4.23. The minimum Gasteiger partial charge on any atom is -0.507 e. The Morgan fingerprint density at radius 3 is 2.38 bits per heavy atom. The molecule has 1 N–H and O–H groups in total. The van der Waals surface area contributed by atoms with E-state index in [1.807, 2.05) is 0 Å². The van der Waals surface area contributed by atoms with E-state index in [0.717, 1.165) is 4.90 Å². The molecule has 1 aliphatic heterocycles. The topological polar surface area (TPSA) is 110 Å². The second-order valence-corrected chi connectivity index (χ2v) is 7.05. The van der Waals surface area contributed by atoms with Crippen LogP contribution in [-0.4, -0.2) is 28.8 Å². The fraction of sp³-hybridized carbons (Fsp3) is 0.0833. The Morgan fingerprint density at radius 2 is 1.69 bits per heavy atom. The molecule has 32 heavy (non-hydrogen) atoms. The van der Waals surface area contributed by atoms with Crippen LogP contribution in [-0.2, 0) is 9.59 Å². The SMILES string of the molecule is COc1ccccc1C1/C(=C(\O)c2ccccc2)C(=O)C(=O)N1c1cccc([N+](=O)[O-])c1. The van der Waals surface area contributed by atoms with Crippen LogP contribution < -0.4 is 9.64 Å². The van der Waals surface area contributed by atoms with Crippen LogP contribution in [0.25, 0.3) is 5.76 Å². The molecule has 8 heteroatoms. The number of amides is 1. The van der Waals surface area contributed by atoms with Crippen molar-refractivity contribution in [2.75, 3.05) is 12.0 Å². The summed E-state index contributed by atoms with van der Waals surface area (Å²) in [5, 5.41) is 22.3. The summed E-state index contributed by atoms with van der Waals surface area (Å²) in [6, 6.07) is 19.6. The van der Waals surface area contributed by atoms with E-state index in [0.29, 0.717) is 16.9 Å². The Morgan fingerprint density at radius 1 is 1.00 bits per heavy atom. The van der Waals surface area contributed by atoms with Crippen molar-refractivity contribution < 1.29 is 24.4 Å². The number of carbonyl (C=O) groups is 2. The zero-order valence-corrected chi connectivity index (χ0v) is 17.0. The summed E-state index contributed by atoms with van der Waals surface area (Å²) in [5.74, 6) is -1.74. The molecular weight excluding hydrogens is 412 g/mol. The molecule has 1 aliphatic rings. The molecule has 0 aliphatic carbocycles. The van der Waals surface area contributed by atoms with Gasteiger partial charge in [-0.3, -0.25) is 24.6 Å². The number of Topliss-reactive ketones (excluding diaryl/α,β-unsaturated/α-hetero) is 1. The fourth-order valence-electron chi connectivity index (χ4n) is 3.79. The third-order valence-corrected chi connectivity index (χ3v) is 5.24. The van der Waals surface area contributed by atoms with E-state index in [2.05, 4.69) is 0 Å². The Bertz CT molecular complexity index is 1250. The van der Waals surface area contributed by atoms with Gasteiger partial charge in [0.25, 0.3) is 17.4 Å². The predicted molar refractivity (Wildman–Crippen MR) is 117 cm³/mol. The third-order valence-electron chi connectivity index (χ3n) is 5.24. The maximum Gasteiger partial charge on any atom is 0.300 e. The molecule has 0 radical (unpaired) electrons. The molecular formula is C24H18N2O6. The quantitative estimate of drug-likeness (QED) is 0.213. The van der Waals surface area contributed by atoms with E-state index in [4.69, 9.17) is 4.74 Å². The molecule has 0 spiro atoms. The first-order valence-corrected chi connectivity index (χ1v) is 9.68. The van der Waals surface area contributed by atoms with Crippen molar-refractivity contribution in [2.24, 2.45) is 0 Å². The Balaban J connectivity index is 1.99. The first-order valence-electron chi connectivity index (χ1n) is 9.68. The molecule has 0 aromatic heterocycles. The summed E-state index contributed by atoms with van der Waals surface area (Å²) in [5.41, 5.74) is 0.621. The third kappa shape index (κ3) is 3.47. The Kier molecular flexibility index (Phi) is 5.43. The molecule has 1 fully saturated rings. The second kappa shape index (κ2) is 8.35. The lowest BCUT2D eigenvalue weighted by Gasteiger charge is -2.26. The highest BCUT2D eigenvalue weighted by atomic mass is 16.6. The average molecular weight is 430 g/mol. The van der Waals surface area contributed by atoms with Gasteiger partial charge in [0.1, 0.15) is 11.5 Å². The van der Waals surface area contributed by atoms with Crippen LogP contribution in [0.2, 0.25) is 0 Å². The Labute approximate surface area is 183 Å². The molecule has 160 valence electrons. The number of aliphatic hydroxyl groups is 1. The van der Waals surface area contributed by atoms with Gasteiger partial charge in [-0.25, -0.2) is 0 Å². The fourth-order valence-corrected chi connectivity index (χ4v) is 3.79. The molecule has 3 aromatic rings. The molecule has 0 saturated carbocycles. The number of rotatable bonds is 5. The zero-order valence-electron chi connectivity index (χ0n) is 17.0. The van der Waals surface area contributed by atoms with Crippen LogP contribution in [0.15, 0.2) is 84.4 Å². The summed E-state index contributed by atoms with van der Waals surface area (Å²) in [4.78, 5) is 38.1. The van der Waals surface area contributed by atoms with Crippen molar-refractivity contribution in [1.82, 2.24) is 0 Å². The van der Waals surface area contributed by atoms with E-state index in [1.165, 1.54) is 31.4 Å². The van der Waals surface area contributed by atoms with E-state index >= 15 is 0 Å². The standard InChI is InChI=1S/C24H18N2O6/c1-32-19-13-6-5-12-18(19)21-20(22(27)15-8-3-2-4-9-15)23(28)24(29)25(21)16-10-7-11-17(14-16)26(30)31/h2-14,21,27H,1H3/b22-20+. The maximum atomic E-state index is 13.1. The molecule has 3 aromatic carbocycles. The lowest BCUT2D eigenvalue weighted by atomic mass is 9.94. The number of nitro groups is 1. The Hall–Kier alpha value is -4.46. The van der Waals surface area contributed by atoms with E-state index < -0.39 is 22.7 Å². The lowest BCUT2D eigenvalue weighted by molar-refractivity contribution is -0.384. The number of carbonyl (C=O) groups excluding carboxylic acids is 2. The van der Waals surface area contributed by atoms with Gasteiger partial charge in [0, 0.05) is 23.3 Å². The van der Waals surface area contributed by atoms with E-state index in [1.54, 1.807) is 54.6 Å². The molecule has 1 unspecified atom stereocenters. The molecule has 1 amide bonds.